The van der Waals surface area contributed by atoms with Gasteiger partial charge in [-0.05, 0) is 37.0 Å². The Hall–Kier alpha value is -3.55. The van der Waals surface area contributed by atoms with E-state index < -0.39 is 5.54 Å². The molecule has 0 bridgehead atoms. The van der Waals surface area contributed by atoms with Crippen molar-refractivity contribution in [2.24, 2.45) is 0 Å². The van der Waals surface area contributed by atoms with Crippen LogP contribution in [0, 0.1) is 5.82 Å². The Morgan fingerprint density at radius 1 is 1.16 bits per heavy atom. The van der Waals surface area contributed by atoms with E-state index in [0.29, 0.717) is 37.4 Å². The van der Waals surface area contributed by atoms with Crippen LogP contribution >= 0.6 is 0 Å². The van der Waals surface area contributed by atoms with Crippen LogP contribution in [0.15, 0.2) is 59.1 Å². The molecule has 0 radical (unpaired) electrons. The Balaban J connectivity index is 1.31. The van der Waals surface area contributed by atoms with Gasteiger partial charge in [-0.3, -0.25) is 9.59 Å². The van der Waals surface area contributed by atoms with Gasteiger partial charge in [0.2, 0.25) is 23.5 Å². The predicted octanol–water partition coefficient (Wildman–Crippen LogP) is 3.16. The van der Waals surface area contributed by atoms with Gasteiger partial charge in [0.25, 0.3) is 0 Å². The van der Waals surface area contributed by atoms with E-state index in [9.17, 15) is 14.0 Å². The van der Waals surface area contributed by atoms with Gasteiger partial charge in [0.1, 0.15) is 5.82 Å². The van der Waals surface area contributed by atoms with E-state index in [0.717, 1.165) is 11.1 Å². The van der Waals surface area contributed by atoms with E-state index in [1.807, 2.05) is 30.3 Å². The van der Waals surface area contributed by atoms with Gasteiger partial charge in [-0.15, -0.1) is 0 Å². The van der Waals surface area contributed by atoms with Crippen molar-refractivity contribution in [1.29, 1.82) is 0 Å². The summed E-state index contributed by atoms with van der Waals surface area (Å²) in [5.74, 6) is 0.296. The molecule has 2 N–H and O–H groups in total. The maximum Gasteiger partial charge on any atom is 0.246 e. The third-order valence-electron chi connectivity index (χ3n) is 5.46. The molecule has 3 aromatic rings. The number of aromatic nitrogens is 2. The van der Waals surface area contributed by atoms with E-state index >= 15 is 0 Å². The number of rotatable bonds is 8. The molecule has 1 saturated heterocycles. The molecule has 1 aliphatic rings. The number of benzene rings is 2. The standard InChI is InChI=1S/C23H23FN4O3/c24-18-8-6-16(7-9-18)14-23(13-11-20(30)27-23)12-10-19(29)25-15-21-26-22(28-31-21)17-4-2-1-3-5-17/h1-9H,10-15H2,(H,25,29)(H,27,30)/t23-/m1/s1. The Labute approximate surface area is 179 Å². The average Bonchev–Trinajstić information content (AvgIpc) is 3.40. The van der Waals surface area contributed by atoms with E-state index in [4.69, 9.17) is 4.52 Å². The highest BCUT2D eigenvalue weighted by atomic mass is 19.1. The van der Waals surface area contributed by atoms with Crippen LogP contribution in [-0.4, -0.2) is 27.5 Å². The highest BCUT2D eigenvalue weighted by Gasteiger charge is 2.37. The van der Waals surface area contributed by atoms with Crippen LogP contribution in [-0.2, 0) is 22.6 Å². The van der Waals surface area contributed by atoms with Crippen molar-refractivity contribution in [3.8, 4) is 11.4 Å². The molecule has 1 fully saturated rings. The SMILES string of the molecule is O=C(CC[C@]1(Cc2ccc(F)cc2)CCC(=O)N1)NCc1nc(-c2ccccc2)no1. The van der Waals surface area contributed by atoms with Gasteiger partial charge in [-0.1, -0.05) is 47.6 Å². The van der Waals surface area contributed by atoms with Crippen LogP contribution in [0.3, 0.4) is 0 Å². The first-order valence-electron chi connectivity index (χ1n) is 10.2. The molecular weight excluding hydrogens is 399 g/mol. The van der Waals surface area contributed by atoms with Crippen molar-refractivity contribution in [2.45, 2.75) is 44.2 Å². The Bertz CT molecular complexity index is 1050. The minimum absolute atomic E-state index is 0.0261. The third-order valence-corrected chi connectivity index (χ3v) is 5.46. The van der Waals surface area contributed by atoms with Gasteiger partial charge < -0.3 is 15.2 Å². The maximum absolute atomic E-state index is 13.2. The van der Waals surface area contributed by atoms with Crippen LogP contribution in [0.2, 0.25) is 0 Å². The molecule has 0 saturated carbocycles. The second-order valence-corrected chi connectivity index (χ2v) is 7.79. The second-order valence-electron chi connectivity index (χ2n) is 7.79. The zero-order chi connectivity index (χ0) is 21.7. The van der Waals surface area contributed by atoms with Crippen molar-refractivity contribution in [2.75, 3.05) is 0 Å². The first kappa shape index (κ1) is 20.7. The summed E-state index contributed by atoms with van der Waals surface area (Å²) in [6.07, 6.45) is 2.34. The number of hydrogen-bond donors (Lipinski definition) is 2. The summed E-state index contributed by atoms with van der Waals surface area (Å²) in [5.41, 5.74) is 1.25. The highest BCUT2D eigenvalue weighted by molar-refractivity contribution is 5.80. The van der Waals surface area contributed by atoms with E-state index in [1.54, 1.807) is 12.1 Å². The summed E-state index contributed by atoms with van der Waals surface area (Å²) in [7, 11) is 0. The zero-order valence-electron chi connectivity index (χ0n) is 16.9. The van der Waals surface area contributed by atoms with E-state index in [1.165, 1.54) is 12.1 Å². The monoisotopic (exact) mass is 422 g/mol. The molecule has 2 aromatic carbocycles. The number of amides is 2. The van der Waals surface area contributed by atoms with Gasteiger partial charge in [0.05, 0.1) is 6.54 Å². The molecule has 0 spiro atoms. The molecule has 1 aromatic heterocycles. The largest absolute Gasteiger partial charge is 0.350 e. The second kappa shape index (κ2) is 9.07. The lowest BCUT2D eigenvalue weighted by molar-refractivity contribution is -0.123. The minimum Gasteiger partial charge on any atom is -0.350 e. The normalized spacial score (nSPS) is 18.0. The summed E-state index contributed by atoms with van der Waals surface area (Å²) >= 11 is 0. The topological polar surface area (TPSA) is 97.1 Å². The molecule has 7 nitrogen and oxygen atoms in total. The van der Waals surface area contributed by atoms with Crippen molar-refractivity contribution in [3.63, 3.8) is 0 Å². The lowest BCUT2D eigenvalue weighted by atomic mass is 9.85. The van der Waals surface area contributed by atoms with Gasteiger partial charge in [-0.25, -0.2) is 4.39 Å². The van der Waals surface area contributed by atoms with Crippen molar-refractivity contribution >= 4 is 11.8 Å². The first-order valence-corrected chi connectivity index (χ1v) is 10.2. The summed E-state index contributed by atoms with van der Waals surface area (Å²) in [4.78, 5) is 28.6. The number of nitrogens with zero attached hydrogens (tertiary/aromatic N) is 2. The molecule has 160 valence electrons. The Morgan fingerprint density at radius 2 is 1.94 bits per heavy atom. The molecule has 8 heteroatoms. The van der Waals surface area contributed by atoms with Crippen molar-refractivity contribution in [3.05, 3.63) is 71.9 Å². The van der Waals surface area contributed by atoms with Crippen LogP contribution < -0.4 is 10.6 Å². The predicted molar refractivity (Wildman–Crippen MR) is 111 cm³/mol. The van der Waals surface area contributed by atoms with Crippen LogP contribution in [0.25, 0.3) is 11.4 Å². The molecule has 0 unspecified atom stereocenters. The number of carbonyl (C=O) groups is 2. The fraction of sp³-hybridized carbons (Fsp3) is 0.304. The first-order chi connectivity index (χ1) is 15.0. The molecule has 4 rings (SSSR count). The number of carbonyl (C=O) groups excluding carboxylic acids is 2. The molecule has 31 heavy (non-hydrogen) atoms. The fourth-order valence-corrected chi connectivity index (χ4v) is 3.82. The average molecular weight is 422 g/mol. The van der Waals surface area contributed by atoms with Gasteiger partial charge in [-0.2, -0.15) is 4.98 Å². The van der Waals surface area contributed by atoms with Crippen LogP contribution in [0.1, 0.15) is 37.1 Å². The molecule has 1 atom stereocenters. The molecular formula is C23H23FN4O3. The highest BCUT2D eigenvalue weighted by Crippen LogP contribution is 2.29. The molecule has 2 heterocycles. The summed E-state index contributed by atoms with van der Waals surface area (Å²) < 4.78 is 18.4. The molecule has 0 aliphatic carbocycles. The Kier molecular flexibility index (Phi) is 6.06. The van der Waals surface area contributed by atoms with Gasteiger partial charge in [0, 0.05) is 23.9 Å². The number of nitrogens with one attached hydrogen (secondary N) is 2. The van der Waals surface area contributed by atoms with Crippen LogP contribution in [0.5, 0.6) is 0 Å². The van der Waals surface area contributed by atoms with Crippen molar-refractivity contribution < 1.29 is 18.5 Å². The summed E-state index contributed by atoms with van der Waals surface area (Å²) in [5, 5.41) is 9.75. The van der Waals surface area contributed by atoms with Gasteiger partial charge >= 0.3 is 0 Å². The molecule has 1 aliphatic heterocycles. The third kappa shape index (κ3) is 5.33. The smallest absolute Gasteiger partial charge is 0.246 e. The van der Waals surface area contributed by atoms with Gasteiger partial charge in [0.15, 0.2) is 0 Å². The Morgan fingerprint density at radius 3 is 2.65 bits per heavy atom. The summed E-state index contributed by atoms with van der Waals surface area (Å²) in [6.45, 7) is 0.135. The fourth-order valence-electron chi connectivity index (χ4n) is 3.82. The number of halogens is 1. The van der Waals surface area contributed by atoms with Crippen LogP contribution in [0.4, 0.5) is 4.39 Å². The number of hydrogen-bond acceptors (Lipinski definition) is 5. The lowest BCUT2D eigenvalue weighted by Gasteiger charge is -2.29. The molecule has 2 amide bonds. The maximum atomic E-state index is 13.2. The zero-order valence-corrected chi connectivity index (χ0v) is 16.9. The van der Waals surface area contributed by atoms with Crippen molar-refractivity contribution in [1.82, 2.24) is 20.8 Å². The van der Waals surface area contributed by atoms with E-state index in [2.05, 4.69) is 20.8 Å². The minimum atomic E-state index is -0.503. The van der Waals surface area contributed by atoms with E-state index in [-0.39, 0.29) is 30.6 Å². The lowest BCUT2D eigenvalue weighted by Crippen LogP contribution is -2.44. The quantitative estimate of drug-likeness (QED) is 0.581. The summed E-state index contributed by atoms with van der Waals surface area (Å²) in [6, 6.07) is 15.7.